The van der Waals surface area contributed by atoms with Gasteiger partial charge in [0.25, 0.3) is 11.5 Å². The van der Waals surface area contributed by atoms with Gasteiger partial charge in [0.2, 0.25) is 5.95 Å². The van der Waals surface area contributed by atoms with Crippen LogP contribution in [-0.2, 0) is 12.6 Å². The Bertz CT molecular complexity index is 1660. The standard InChI is InChI=1S/C28H24F4N6O3/c29-23-7-4-15(9-24-21-10-19(41-18-2-1-3-18)5-6-20(21)26(40)37-36-24)8-22(23)25(39)35-17-13-38(14-17)27-33-11-16(12-34-27)28(30,31)32/h4-8,10-12,17-18H,1-3,9,13-14H2,(H,35,39)(H,37,40). The van der Waals surface area contributed by atoms with E-state index in [1.54, 1.807) is 29.2 Å². The molecule has 2 fully saturated rings. The normalized spacial score (nSPS) is 15.9. The summed E-state index contributed by atoms with van der Waals surface area (Å²) in [5, 5.41) is 10.5. The summed E-state index contributed by atoms with van der Waals surface area (Å²) in [7, 11) is 0. The summed E-state index contributed by atoms with van der Waals surface area (Å²) >= 11 is 0. The van der Waals surface area contributed by atoms with Crippen LogP contribution in [0.5, 0.6) is 5.75 Å². The number of rotatable bonds is 7. The Labute approximate surface area is 230 Å². The van der Waals surface area contributed by atoms with Gasteiger partial charge >= 0.3 is 6.18 Å². The van der Waals surface area contributed by atoms with Crippen LogP contribution in [-0.4, -0.2) is 51.3 Å². The first kappa shape index (κ1) is 26.7. The van der Waals surface area contributed by atoms with Crippen molar-refractivity contribution in [3.63, 3.8) is 0 Å². The third-order valence-corrected chi connectivity index (χ3v) is 7.31. The molecule has 6 rings (SSSR count). The number of nitrogens with zero attached hydrogens (tertiary/aromatic N) is 4. The number of amides is 1. The number of aromatic nitrogens is 4. The Kier molecular flexibility index (Phi) is 6.80. The molecule has 1 aliphatic heterocycles. The van der Waals surface area contributed by atoms with Gasteiger partial charge in [0.1, 0.15) is 11.6 Å². The van der Waals surface area contributed by atoms with Crippen LogP contribution in [0.15, 0.2) is 53.6 Å². The molecule has 0 radical (unpaired) electrons. The van der Waals surface area contributed by atoms with Crippen molar-refractivity contribution in [2.45, 2.75) is 44.0 Å². The van der Waals surface area contributed by atoms with Gasteiger partial charge in [-0.3, -0.25) is 9.59 Å². The molecule has 41 heavy (non-hydrogen) atoms. The Hall–Kier alpha value is -4.55. The number of alkyl halides is 3. The maximum absolute atomic E-state index is 14.7. The zero-order valence-electron chi connectivity index (χ0n) is 21.5. The van der Waals surface area contributed by atoms with Crippen molar-refractivity contribution in [2.75, 3.05) is 18.0 Å². The van der Waals surface area contributed by atoms with Crippen molar-refractivity contribution in [3.05, 3.63) is 87.3 Å². The van der Waals surface area contributed by atoms with E-state index in [0.717, 1.165) is 19.3 Å². The molecule has 4 aromatic rings. The van der Waals surface area contributed by atoms with Gasteiger partial charge in [-0.15, -0.1) is 0 Å². The van der Waals surface area contributed by atoms with E-state index in [-0.39, 0.29) is 48.7 Å². The lowest BCUT2D eigenvalue weighted by molar-refractivity contribution is -0.138. The summed E-state index contributed by atoms with van der Waals surface area (Å²) in [5.41, 5.74) is -0.294. The minimum Gasteiger partial charge on any atom is -0.490 e. The number of fused-ring (bicyclic) bond motifs is 1. The lowest BCUT2D eigenvalue weighted by Crippen LogP contribution is -2.60. The fraction of sp³-hybridized carbons (Fsp3) is 0.321. The van der Waals surface area contributed by atoms with Crippen LogP contribution in [0, 0.1) is 5.82 Å². The van der Waals surface area contributed by atoms with Crippen molar-refractivity contribution >= 4 is 22.6 Å². The average molecular weight is 569 g/mol. The van der Waals surface area contributed by atoms with Crippen LogP contribution in [0.3, 0.4) is 0 Å². The first-order valence-corrected chi connectivity index (χ1v) is 13.1. The molecule has 0 spiro atoms. The predicted octanol–water partition coefficient (Wildman–Crippen LogP) is 4.01. The lowest BCUT2D eigenvalue weighted by atomic mass is 9.96. The van der Waals surface area contributed by atoms with E-state index in [1.165, 1.54) is 12.1 Å². The highest BCUT2D eigenvalue weighted by molar-refractivity contribution is 5.95. The molecular formula is C28H24F4N6O3. The molecule has 1 amide bonds. The zero-order chi connectivity index (χ0) is 28.7. The van der Waals surface area contributed by atoms with E-state index in [9.17, 15) is 27.2 Å². The number of nitrogens with one attached hydrogen (secondary N) is 2. The van der Waals surface area contributed by atoms with Gasteiger partial charge in [0.05, 0.1) is 34.4 Å². The molecule has 2 aliphatic rings. The van der Waals surface area contributed by atoms with Crippen LogP contribution >= 0.6 is 0 Å². The Morgan fingerprint density at radius 3 is 2.51 bits per heavy atom. The van der Waals surface area contributed by atoms with Crippen LogP contribution < -0.4 is 20.5 Å². The summed E-state index contributed by atoms with van der Waals surface area (Å²) in [5.74, 6) is -0.577. The van der Waals surface area contributed by atoms with E-state index in [4.69, 9.17) is 4.74 Å². The Morgan fingerprint density at radius 2 is 1.83 bits per heavy atom. The van der Waals surface area contributed by atoms with E-state index >= 15 is 0 Å². The highest BCUT2D eigenvalue weighted by atomic mass is 19.4. The zero-order valence-corrected chi connectivity index (χ0v) is 21.5. The Balaban J connectivity index is 1.14. The molecule has 1 saturated heterocycles. The molecule has 1 aliphatic carbocycles. The number of carbonyl (C=O) groups is 1. The third-order valence-electron chi connectivity index (χ3n) is 7.31. The summed E-state index contributed by atoms with van der Waals surface area (Å²) in [6.07, 6.45) is 0.364. The second kappa shape index (κ2) is 10.5. The smallest absolute Gasteiger partial charge is 0.419 e. The molecule has 212 valence electrons. The first-order valence-electron chi connectivity index (χ1n) is 13.1. The number of aromatic amines is 1. The number of benzene rings is 2. The number of halogens is 4. The highest BCUT2D eigenvalue weighted by Crippen LogP contribution is 2.30. The number of hydrogen-bond donors (Lipinski definition) is 2. The molecular weight excluding hydrogens is 544 g/mol. The molecule has 2 N–H and O–H groups in total. The number of carbonyl (C=O) groups excluding carboxylic acids is 1. The molecule has 9 nitrogen and oxygen atoms in total. The second-order valence-electron chi connectivity index (χ2n) is 10.2. The fourth-order valence-electron chi connectivity index (χ4n) is 4.76. The second-order valence-corrected chi connectivity index (χ2v) is 10.2. The number of ether oxygens (including phenoxy) is 1. The van der Waals surface area contributed by atoms with Crippen LogP contribution in [0.25, 0.3) is 10.8 Å². The van der Waals surface area contributed by atoms with E-state index in [2.05, 4.69) is 25.5 Å². The van der Waals surface area contributed by atoms with E-state index in [0.29, 0.717) is 40.2 Å². The number of hydrogen-bond acceptors (Lipinski definition) is 7. The molecule has 2 aromatic heterocycles. The summed E-state index contributed by atoms with van der Waals surface area (Å²) in [4.78, 5) is 34.4. The van der Waals surface area contributed by atoms with Crippen LogP contribution in [0.4, 0.5) is 23.5 Å². The van der Waals surface area contributed by atoms with Gasteiger partial charge in [-0.05, 0) is 55.2 Å². The topological polar surface area (TPSA) is 113 Å². The minimum atomic E-state index is -4.53. The van der Waals surface area contributed by atoms with Crippen molar-refractivity contribution in [1.29, 1.82) is 0 Å². The number of anilines is 1. The molecule has 13 heteroatoms. The van der Waals surface area contributed by atoms with E-state index in [1.807, 2.05) is 0 Å². The first-order chi connectivity index (χ1) is 19.6. The number of H-pyrrole nitrogens is 1. The molecule has 0 bridgehead atoms. The van der Waals surface area contributed by atoms with Gasteiger partial charge < -0.3 is 15.0 Å². The van der Waals surface area contributed by atoms with Gasteiger partial charge in [-0.1, -0.05) is 6.07 Å². The van der Waals surface area contributed by atoms with Crippen LogP contribution in [0.2, 0.25) is 0 Å². The lowest BCUT2D eigenvalue weighted by Gasteiger charge is -2.39. The van der Waals surface area contributed by atoms with Crippen molar-refractivity contribution in [1.82, 2.24) is 25.5 Å². The highest BCUT2D eigenvalue weighted by Gasteiger charge is 2.34. The predicted molar refractivity (Wildman–Crippen MR) is 140 cm³/mol. The SMILES string of the molecule is O=C(NC1CN(c2ncc(C(F)(F)F)cn2)C1)c1cc(Cc2n[nH]c(=O)c3ccc(OC4CCC4)cc23)ccc1F. The largest absolute Gasteiger partial charge is 0.490 e. The minimum absolute atomic E-state index is 0.110. The van der Waals surface area contributed by atoms with Gasteiger partial charge in [-0.2, -0.15) is 18.3 Å². The van der Waals surface area contributed by atoms with Gasteiger partial charge in [0, 0.05) is 37.3 Å². The monoisotopic (exact) mass is 568 g/mol. The maximum atomic E-state index is 14.7. The fourth-order valence-corrected chi connectivity index (χ4v) is 4.76. The maximum Gasteiger partial charge on any atom is 0.419 e. The molecule has 2 aromatic carbocycles. The Morgan fingerprint density at radius 1 is 1.07 bits per heavy atom. The van der Waals surface area contributed by atoms with Gasteiger partial charge in [-0.25, -0.2) is 19.5 Å². The summed E-state index contributed by atoms with van der Waals surface area (Å²) in [6.45, 7) is 0.522. The molecule has 0 unspecified atom stereocenters. The molecule has 3 heterocycles. The van der Waals surface area contributed by atoms with E-state index < -0.39 is 23.5 Å². The summed E-state index contributed by atoms with van der Waals surface area (Å²) < 4.78 is 58.8. The van der Waals surface area contributed by atoms with Gasteiger partial charge in [0.15, 0.2) is 0 Å². The third kappa shape index (κ3) is 5.56. The summed E-state index contributed by atoms with van der Waals surface area (Å²) in [6, 6.07) is 9.05. The van der Waals surface area contributed by atoms with Crippen molar-refractivity contribution in [3.8, 4) is 5.75 Å². The van der Waals surface area contributed by atoms with Crippen LogP contribution in [0.1, 0.15) is 46.4 Å². The molecule has 0 atom stereocenters. The van der Waals surface area contributed by atoms with Crippen molar-refractivity contribution in [2.24, 2.45) is 0 Å². The quantitative estimate of drug-likeness (QED) is 0.324. The molecule has 1 saturated carbocycles. The van der Waals surface area contributed by atoms with Crippen molar-refractivity contribution < 1.29 is 27.1 Å². The average Bonchev–Trinajstić information content (AvgIpc) is 2.90.